The van der Waals surface area contributed by atoms with Crippen LogP contribution in [0.25, 0.3) is 6.08 Å². The fourth-order valence-corrected chi connectivity index (χ4v) is 3.39. The van der Waals surface area contributed by atoms with Gasteiger partial charge in [0, 0.05) is 0 Å². The Labute approximate surface area is 155 Å². The van der Waals surface area contributed by atoms with E-state index in [0.717, 1.165) is 28.5 Å². The Bertz CT molecular complexity index is 931. The Morgan fingerprint density at radius 3 is 2.77 bits per heavy atom. The minimum absolute atomic E-state index is 0.0452. The molecule has 0 bridgehead atoms. The minimum Gasteiger partial charge on any atom is -0.479 e. The molecular weight excluding hydrogens is 348 g/mol. The van der Waals surface area contributed by atoms with Crippen LogP contribution in [-0.2, 0) is 11.3 Å². The molecule has 0 saturated carbocycles. The van der Waals surface area contributed by atoms with Gasteiger partial charge in [-0.25, -0.2) is 0 Å². The summed E-state index contributed by atoms with van der Waals surface area (Å²) < 4.78 is 5.26. The molecule has 2 amide bonds. The van der Waals surface area contributed by atoms with E-state index in [1.165, 1.54) is 4.90 Å². The van der Waals surface area contributed by atoms with Gasteiger partial charge in [-0.05, 0) is 53.6 Å². The van der Waals surface area contributed by atoms with Crippen molar-refractivity contribution in [2.45, 2.75) is 13.5 Å². The van der Waals surface area contributed by atoms with Crippen LogP contribution < -0.4 is 4.74 Å². The third-order valence-corrected chi connectivity index (χ3v) is 4.83. The number of benzene rings is 2. The molecule has 2 aromatic carbocycles. The maximum absolute atomic E-state index is 12.6. The van der Waals surface area contributed by atoms with Crippen molar-refractivity contribution >= 4 is 29.0 Å². The second-order valence-corrected chi connectivity index (χ2v) is 6.71. The number of hydrogen-bond donors (Lipinski definition) is 0. The number of ether oxygens (including phenoxy) is 1. The Morgan fingerprint density at radius 1 is 1.19 bits per heavy atom. The number of aryl methyl sites for hydroxylation is 1. The summed E-state index contributed by atoms with van der Waals surface area (Å²) in [7, 11) is 0. The first-order chi connectivity index (χ1) is 12.6. The zero-order valence-corrected chi connectivity index (χ0v) is 15.0. The Morgan fingerprint density at radius 2 is 2.00 bits per heavy atom. The van der Waals surface area contributed by atoms with Crippen molar-refractivity contribution in [2.24, 2.45) is 0 Å². The molecular formula is C20H16N2O3S. The predicted molar refractivity (Wildman–Crippen MR) is 100 cm³/mol. The number of hydrogen-bond acceptors (Lipinski definition) is 5. The molecule has 3 rings (SSSR count). The van der Waals surface area contributed by atoms with Gasteiger partial charge in [0.2, 0.25) is 0 Å². The molecule has 130 valence electrons. The highest BCUT2D eigenvalue weighted by Crippen LogP contribution is 2.34. The van der Waals surface area contributed by atoms with Crippen LogP contribution in [0.15, 0.2) is 53.4 Å². The lowest BCUT2D eigenvalue weighted by Crippen LogP contribution is -2.27. The van der Waals surface area contributed by atoms with Crippen LogP contribution in [0.2, 0.25) is 0 Å². The van der Waals surface area contributed by atoms with Gasteiger partial charge in [-0.1, -0.05) is 36.4 Å². The van der Waals surface area contributed by atoms with Crippen LogP contribution >= 0.6 is 11.8 Å². The topological polar surface area (TPSA) is 70.4 Å². The van der Waals surface area contributed by atoms with Gasteiger partial charge in [0.25, 0.3) is 11.1 Å². The largest absolute Gasteiger partial charge is 0.479 e. The molecule has 1 heterocycles. The van der Waals surface area contributed by atoms with E-state index in [-0.39, 0.29) is 24.3 Å². The molecule has 0 N–H and O–H groups in total. The maximum atomic E-state index is 12.6. The van der Waals surface area contributed by atoms with E-state index in [0.29, 0.717) is 10.7 Å². The number of thioether (sulfide) groups is 1. The van der Waals surface area contributed by atoms with Crippen LogP contribution in [0.5, 0.6) is 5.75 Å². The van der Waals surface area contributed by atoms with Crippen LogP contribution in [-0.4, -0.2) is 22.7 Å². The van der Waals surface area contributed by atoms with Gasteiger partial charge in [0.15, 0.2) is 6.61 Å². The zero-order valence-electron chi connectivity index (χ0n) is 14.1. The molecule has 1 fully saturated rings. The number of carbonyl (C=O) groups excluding carboxylic acids is 2. The van der Waals surface area contributed by atoms with Crippen LogP contribution in [0, 0.1) is 18.3 Å². The summed E-state index contributed by atoms with van der Waals surface area (Å²) >= 11 is 0.931. The quantitative estimate of drug-likeness (QED) is 0.746. The first-order valence-electron chi connectivity index (χ1n) is 7.98. The van der Waals surface area contributed by atoms with E-state index in [1.807, 2.05) is 43.3 Å². The smallest absolute Gasteiger partial charge is 0.293 e. The number of nitrogens with zero attached hydrogens (tertiary/aromatic N) is 2. The molecule has 1 aliphatic heterocycles. The van der Waals surface area contributed by atoms with Crippen molar-refractivity contribution in [3.05, 3.63) is 70.1 Å². The average molecular weight is 364 g/mol. The summed E-state index contributed by atoms with van der Waals surface area (Å²) in [5, 5.41) is 8.31. The van der Waals surface area contributed by atoms with Gasteiger partial charge in [-0.3, -0.25) is 14.5 Å². The second-order valence-electron chi connectivity index (χ2n) is 5.71. The van der Waals surface area contributed by atoms with Crippen molar-refractivity contribution in [1.82, 2.24) is 4.90 Å². The molecule has 2 aromatic rings. The molecule has 5 nitrogen and oxygen atoms in total. The van der Waals surface area contributed by atoms with Crippen LogP contribution in [0.1, 0.15) is 16.7 Å². The molecule has 6 heteroatoms. The standard InChI is InChI=1S/C20H16N2O3S/c1-14-5-2-3-7-16(14)13-22-19(23)18(26-20(22)24)12-15-6-4-8-17(11-15)25-10-9-21/h2-8,11-12H,10,13H2,1H3/b18-12-. The first kappa shape index (κ1) is 17.8. The van der Waals surface area contributed by atoms with E-state index in [4.69, 9.17) is 10.00 Å². The van der Waals surface area contributed by atoms with Crippen LogP contribution in [0.4, 0.5) is 4.79 Å². The van der Waals surface area contributed by atoms with Gasteiger partial charge >= 0.3 is 0 Å². The van der Waals surface area contributed by atoms with Crippen molar-refractivity contribution in [1.29, 1.82) is 5.26 Å². The van der Waals surface area contributed by atoms with Gasteiger partial charge in [0.05, 0.1) is 11.4 Å². The summed E-state index contributed by atoms with van der Waals surface area (Å²) in [4.78, 5) is 26.5. The molecule has 0 spiro atoms. The van der Waals surface area contributed by atoms with Crippen molar-refractivity contribution in [3.63, 3.8) is 0 Å². The summed E-state index contributed by atoms with van der Waals surface area (Å²) in [5.74, 6) is 0.242. The molecule has 0 unspecified atom stereocenters. The van der Waals surface area contributed by atoms with E-state index in [2.05, 4.69) is 0 Å². The fraction of sp³-hybridized carbons (Fsp3) is 0.150. The SMILES string of the molecule is Cc1ccccc1CN1C(=O)S/C(=C\c2cccc(OCC#N)c2)C1=O. The molecule has 1 saturated heterocycles. The van der Waals surface area contributed by atoms with Gasteiger partial charge in [0.1, 0.15) is 11.8 Å². The highest BCUT2D eigenvalue weighted by molar-refractivity contribution is 8.18. The molecule has 0 atom stereocenters. The van der Waals surface area contributed by atoms with Crippen LogP contribution in [0.3, 0.4) is 0 Å². The number of imide groups is 1. The lowest BCUT2D eigenvalue weighted by atomic mass is 10.1. The van der Waals surface area contributed by atoms with Gasteiger partial charge in [-0.2, -0.15) is 5.26 Å². The normalized spacial score (nSPS) is 15.4. The number of amides is 2. The molecule has 0 radical (unpaired) electrons. The Hall–Kier alpha value is -3.04. The Balaban J connectivity index is 1.79. The maximum Gasteiger partial charge on any atom is 0.293 e. The van der Waals surface area contributed by atoms with Crippen molar-refractivity contribution in [2.75, 3.05) is 6.61 Å². The Kier molecular flexibility index (Phi) is 5.40. The molecule has 0 aliphatic carbocycles. The number of nitriles is 1. The summed E-state index contributed by atoms with van der Waals surface area (Å²) in [6, 6.07) is 16.6. The zero-order chi connectivity index (χ0) is 18.5. The monoisotopic (exact) mass is 364 g/mol. The van der Waals surface area contributed by atoms with E-state index in [1.54, 1.807) is 24.3 Å². The van der Waals surface area contributed by atoms with Crippen molar-refractivity contribution < 1.29 is 14.3 Å². The molecule has 0 aromatic heterocycles. The molecule has 1 aliphatic rings. The lowest BCUT2D eigenvalue weighted by molar-refractivity contribution is -0.123. The van der Waals surface area contributed by atoms with E-state index >= 15 is 0 Å². The van der Waals surface area contributed by atoms with Gasteiger partial charge in [-0.15, -0.1) is 0 Å². The number of rotatable bonds is 5. The summed E-state index contributed by atoms with van der Waals surface area (Å²) in [6.45, 7) is 2.17. The number of carbonyl (C=O) groups is 2. The lowest BCUT2D eigenvalue weighted by Gasteiger charge is -2.14. The van der Waals surface area contributed by atoms with E-state index in [9.17, 15) is 9.59 Å². The highest BCUT2D eigenvalue weighted by Gasteiger charge is 2.35. The van der Waals surface area contributed by atoms with E-state index < -0.39 is 0 Å². The third-order valence-electron chi connectivity index (χ3n) is 3.92. The molecule has 26 heavy (non-hydrogen) atoms. The highest BCUT2D eigenvalue weighted by atomic mass is 32.2. The fourth-order valence-electron chi connectivity index (χ4n) is 2.56. The minimum atomic E-state index is -0.299. The third kappa shape index (κ3) is 3.95. The first-order valence-corrected chi connectivity index (χ1v) is 8.80. The second kappa shape index (κ2) is 7.89. The van der Waals surface area contributed by atoms with Gasteiger partial charge < -0.3 is 4.74 Å². The van der Waals surface area contributed by atoms with Crippen molar-refractivity contribution in [3.8, 4) is 11.8 Å². The summed E-state index contributed by atoms with van der Waals surface area (Å²) in [6.07, 6.45) is 1.67. The average Bonchev–Trinajstić information content (AvgIpc) is 2.89. The summed E-state index contributed by atoms with van der Waals surface area (Å²) in [5.41, 5.74) is 2.72. The predicted octanol–water partition coefficient (Wildman–Crippen LogP) is 4.13.